The van der Waals surface area contributed by atoms with Gasteiger partial charge in [-0.2, -0.15) is 10.2 Å². The van der Waals surface area contributed by atoms with Crippen LogP contribution in [0.4, 0.5) is 0 Å². The van der Waals surface area contributed by atoms with Crippen LogP contribution in [0.3, 0.4) is 0 Å². The minimum absolute atomic E-state index is 0.212. The molecule has 4 rings (SSSR count). The smallest absolute Gasteiger partial charge is 0.272 e. The zero-order valence-corrected chi connectivity index (χ0v) is 14.8. The van der Waals surface area contributed by atoms with E-state index in [4.69, 9.17) is 14.2 Å². The molecule has 0 spiro atoms. The maximum atomic E-state index is 12.3. The quantitative estimate of drug-likeness (QED) is 0.602. The first-order valence-electron chi connectivity index (χ1n) is 8.35. The van der Waals surface area contributed by atoms with Gasteiger partial charge in [0.1, 0.15) is 23.9 Å². The predicted octanol–water partition coefficient (Wildman–Crippen LogP) is 1.63. The van der Waals surface area contributed by atoms with Gasteiger partial charge >= 0.3 is 0 Å². The second kappa shape index (κ2) is 6.98. The Hall–Kier alpha value is -3.56. The van der Waals surface area contributed by atoms with Crippen LogP contribution in [0.5, 0.6) is 17.2 Å². The van der Waals surface area contributed by atoms with Crippen LogP contribution in [-0.2, 0) is 6.61 Å². The molecule has 140 valence electrons. The maximum absolute atomic E-state index is 12.3. The Labute approximate surface area is 154 Å². The van der Waals surface area contributed by atoms with E-state index in [1.165, 1.54) is 0 Å². The molecule has 0 fully saturated rings. The highest BCUT2D eigenvalue weighted by Gasteiger charge is 2.18. The number of carbonyl (C=O) groups excluding carboxylic acids is 1. The van der Waals surface area contributed by atoms with E-state index in [1.54, 1.807) is 38.1 Å². The zero-order chi connectivity index (χ0) is 18.8. The van der Waals surface area contributed by atoms with Crippen molar-refractivity contribution in [3.63, 3.8) is 0 Å². The van der Waals surface area contributed by atoms with Gasteiger partial charge in [-0.1, -0.05) is 0 Å². The average molecular weight is 370 g/mol. The van der Waals surface area contributed by atoms with Crippen LogP contribution in [-0.4, -0.2) is 38.1 Å². The molecule has 0 saturated carbocycles. The number of nitrogens with one attached hydrogen (secondary N) is 3. The molecule has 2 aromatic heterocycles. The van der Waals surface area contributed by atoms with E-state index < -0.39 is 0 Å². The third-order valence-electron chi connectivity index (χ3n) is 3.95. The molecule has 1 aromatic carbocycles. The SMILES string of the molecule is Cc1nc([C@@H](C)NC(=O)c2cc(COc3ccc4c(c3)OCO4)[nH]n2)n[nH]1. The number of hydrogen-bond acceptors (Lipinski definition) is 7. The molecule has 0 aliphatic carbocycles. The lowest BCUT2D eigenvalue weighted by Crippen LogP contribution is -2.27. The normalized spacial score (nSPS) is 13.4. The Morgan fingerprint density at radius 3 is 2.93 bits per heavy atom. The Kier molecular flexibility index (Phi) is 4.37. The number of rotatable bonds is 6. The van der Waals surface area contributed by atoms with Crippen LogP contribution in [0.25, 0.3) is 0 Å². The summed E-state index contributed by atoms with van der Waals surface area (Å²) < 4.78 is 16.3. The Bertz CT molecular complexity index is 966. The summed E-state index contributed by atoms with van der Waals surface area (Å²) in [7, 11) is 0. The van der Waals surface area contributed by atoms with E-state index in [0.29, 0.717) is 34.6 Å². The highest BCUT2D eigenvalue weighted by molar-refractivity contribution is 5.92. The summed E-state index contributed by atoms with van der Waals surface area (Å²) in [5.74, 6) is 2.85. The van der Waals surface area contributed by atoms with Gasteiger partial charge in [-0.05, 0) is 32.0 Å². The van der Waals surface area contributed by atoms with Crippen LogP contribution in [0, 0.1) is 6.92 Å². The summed E-state index contributed by atoms with van der Waals surface area (Å²) in [6.07, 6.45) is 0. The summed E-state index contributed by atoms with van der Waals surface area (Å²) in [6.45, 7) is 4.04. The van der Waals surface area contributed by atoms with Crippen LogP contribution in [0.15, 0.2) is 24.3 Å². The molecule has 3 heterocycles. The van der Waals surface area contributed by atoms with Crippen molar-refractivity contribution in [1.29, 1.82) is 0 Å². The molecule has 0 bridgehead atoms. The van der Waals surface area contributed by atoms with E-state index in [-0.39, 0.29) is 31.0 Å². The first-order chi connectivity index (χ1) is 13.1. The van der Waals surface area contributed by atoms with Crippen LogP contribution >= 0.6 is 0 Å². The number of benzene rings is 1. The lowest BCUT2D eigenvalue weighted by Gasteiger charge is -2.08. The molecule has 1 aliphatic heterocycles. The monoisotopic (exact) mass is 370 g/mol. The highest BCUT2D eigenvalue weighted by Crippen LogP contribution is 2.35. The number of nitrogens with zero attached hydrogens (tertiary/aromatic N) is 3. The predicted molar refractivity (Wildman–Crippen MR) is 92.5 cm³/mol. The van der Waals surface area contributed by atoms with Crippen molar-refractivity contribution >= 4 is 5.91 Å². The van der Waals surface area contributed by atoms with Crippen molar-refractivity contribution in [1.82, 2.24) is 30.7 Å². The summed E-state index contributed by atoms with van der Waals surface area (Å²) in [6, 6.07) is 6.63. The number of hydrogen-bond donors (Lipinski definition) is 3. The molecule has 1 amide bonds. The van der Waals surface area contributed by atoms with Gasteiger partial charge in [0.2, 0.25) is 6.79 Å². The maximum Gasteiger partial charge on any atom is 0.272 e. The number of amides is 1. The van der Waals surface area contributed by atoms with E-state index in [2.05, 4.69) is 30.7 Å². The number of fused-ring (bicyclic) bond motifs is 1. The number of carbonyl (C=O) groups is 1. The second-order valence-corrected chi connectivity index (χ2v) is 6.06. The van der Waals surface area contributed by atoms with Gasteiger partial charge < -0.3 is 19.5 Å². The Balaban J connectivity index is 1.34. The number of aromatic amines is 2. The van der Waals surface area contributed by atoms with Gasteiger partial charge in [-0.3, -0.25) is 15.0 Å². The molecule has 1 aliphatic rings. The molecule has 3 aromatic rings. The van der Waals surface area contributed by atoms with Crippen molar-refractivity contribution < 1.29 is 19.0 Å². The van der Waals surface area contributed by atoms with Crippen LogP contribution in [0.2, 0.25) is 0 Å². The molecule has 27 heavy (non-hydrogen) atoms. The van der Waals surface area contributed by atoms with Crippen LogP contribution < -0.4 is 19.5 Å². The summed E-state index contributed by atoms with van der Waals surface area (Å²) in [5, 5.41) is 16.4. The van der Waals surface area contributed by atoms with Gasteiger partial charge in [0.05, 0.1) is 11.7 Å². The third kappa shape index (κ3) is 3.68. The molecule has 10 heteroatoms. The first kappa shape index (κ1) is 16.9. The molecule has 10 nitrogen and oxygen atoms in total. The Morgan fingerprint density at radius 1 is 1.26 bits per heavy atom. The third-order valence-corrected chi connectivity index (χ3v) is 3.95. The molecule has 0 radical (unpaired) electrons. The summed E-state index contributed by atoms with van der Waals surface area (Å²) >= 11 is 0. The molecule has 0 unspecified atom stereocenters. The largest absolute Gasteiger partial charge is 0.487 e. The number of ether oxygens (including phenoxy) is 3. The lowest BCUT2D eigenvalue weighted by molar-refractivity contribution is 0.0933. The fourth-order valence-electron chi connectivity index (χ4n) is 2.57. The van der Waals surface area contributed by atoms with E-state index in [1.807, 2.05) is 0 Å². The zero-order valence-electron chi connectivity index (χ0n) is 14.8. The molecule has 0 saturated heterocycles. The minimum atomic E-state index is -0.340. The van der Waals surface area contributed by atoms with Gasteiger partial charge in [0.15, 0.2) is 17.3 Å². The number of H-pyrrole nitrogens is 2. The van der Waals surface area contributed by atoms with Crippen LogP contribution in [0.1, 0.15) is 40.8 Å². The van der Waals surface area contributed by atoms with E-state index >= 15 is 0 Å². The molecule has 3 N–H and O–H groups in total. The fourth-order valence-corrected chi connectivity index (χ4v) is 2.57. The van der Waals surface area contributed by atoms with Crippen molar-refractivity contribution in [2.24, 2.45) is 0 Å². The van der Waals surface area contributed by atoms with Gasteiger partial charge in [0, 0.05) is 6.07 Å². The molecular weight excluding hydrogens is 352 g/mol. The van der Waals surface area contributed by atoms with Crippen molar-refractivity contribution in [2.75, 3.05) is 6.79 Å². The number of aryl methyl sites for hydroxylation is 1. The van der Waals surface area contributed by atoms with Crippen molar-refractivity contribution in [2.45, 2.75) is 26.5 Å². The average Bonchev–Trinajstić information content (AvgIpc) is 3.39. The molecule has 1 atom stereocenters. The molecular formula is C17H18N6O4. The lowest BCUT2D eigenvalue weighted by atomic mass is 10.3. The first-order valence-corrected chi connectivity index (χ1v) is 8.35. The van der Waals surface area contributed by atoms with E-state index in [0.717, 1.165) is 0 Å². The topological polar surface area (TPSA) is 127 Å². The van der Waals surface area contributed by atoms with Crippen molar-refractivity contribution in [3.05, 3.63) is 47.3 Å². The van der Waals surface area contributed by atoms with Gasteiger partial charge in [-0.25, -0.2) is 4.98 Å². The van der Waals surface area contributed by atoms with Gasteiger partial charge in [-0.15, -0.1) is 0 Å². The Morgan fingerprint density at radius 2 is 2.11 bits per heavy atom. The summed E-state index contributed by atoms with van der Waals surface area (Å²) in [4.78, 5) is 16.5. The summed E-state index contributed by atoms with van der Waals surface area (Å²) in [5.41, 5.74) is 0.928. The number of aromatic nitrogens is 5. The standard InChI is InChI=1S/C17H18N6O4/c1-9(16-19-10(2)20-23-16)18-17(24)13-5-11(21-22-13)7-25-12-3-4-14-15(6-12)27-8-26-14/h3-6,9H,7-8H2,1-2H3,(H,18,24)(H,21,22)(H,19,20,23)/t9-/m1/s1. The van der Waals surface area contributed by atoms with E-state index in [9.17, 15) is 4.79 Å². The second-order valence-electron chi connectivity index (χ2n) is 6.06. The highest BCUT2D eigenvalue weighted by atomic mass is 16.7. The van der Waals surface area contributed by atoms with Gasteiger partial charge in [0.25, 0.3) is 5.91 Å². The van der Waals surface area contributed by atoms with Crippen molar-refractivity contribution in [3.8, 4) is 17.2 Å². The fraction of sp³-hybridized carbons (Fsp3) is 0.294. The minimum Gasteiger partial charge on any atom is -0.487 e.